The third kappa shape index (κ3) is 3.07. The molecular formula is C13H20N2O. The topological polar surface area (TPSA) is 55.1 Å². The van der Waals surface area contributed by atoms with Crippen molar-refractivity contribution in [3.8, 4) is 0 Å². The van der Waals surface area contributed by atoms with Crippen LogP contribution in [0.3, 0.4) is 0 Å². The number of hydrogen-bond donors (Lipinski definition) is 2. The van der Waals surface area contributed by atoms with Crippen molar-refractivity contribution >= 4 is 5.91 Å². The van der Waals surface area contributed by atoms with Gasteiger partial charge in [-0.25, -0.2) is 0 Å². The van der Waals surface area contributed by atoms with Gasteiger partial charge in [0.25, 0.3) is 0 Å². The van der Waals surface area contributed by atoms with Crippen LogP contribution < -0.4 is 11.1 Å². The van der Waals surface area contributed by atoms with Gasteiger partial charge in [0.1, 0.15) is 0 Å². The number of nitrogens with one attached hydrogen (secondary N) is 1. The van der Waals surface area contributed by atoms with Crippen molar-refractivity contribution < 1.29 is 4.79 Å². The summed E-state index contributed by atoms with van der Waals surface area (Å²) in [5.41, 5.74) is 7.41. The second-order valence-electron chi connectivity index (χ2n) is 4.77. The normalized spacial score (nSPS) is 13.3. The summed E-state index contributed by atoms with van der Waals surface area (Å²) in [6.07, 6.45) is 0. The molecular weight excluding hydrogens is 200 g/mol. The second-order valence-corrected chi connectivity index (χ2v) is 4.77. The Morgan fingerprint density at radius 1 is 1.44 bits per heavy atom. The van der Waals surface area contributed by atoms with Gasteiger partial charge in [-0.15, -0.1) is 0 Å². The van der Waals surface area contributed by atoms with E-state index in [-0.39, 0.29) is 5.91 Å². The number of nitrogens with two attached hydrogens (primary N) is 1. The first-order valence-electron chi connectivity index (χ1n) is 5.47. The minimum absolute atomic E-state index is 0.133. The Morgan fingerprint density at radius 3 is 2.56 bits per heavy atom. The minimum Gasteiger partial charge on any atom is -0.346 e. The van der Waals surface area contributed by atoms with Gasteiger partial charge in [0, 0.05) is 0 Å². The zero-order valence-electron chi connectivity index (χ0n) is 10.4. The molecule has 0 aliphatic carbocycles. The molecule has 0 unspecified atom stereocenters. The predicted molar refractivity (Wildman–Crippen MR) is 66.0 cm³/mol. The summed E-state index contributed by atoms with van der Waals surface area (Å²) in [5.74, 6) is -0.133. The predicted octanol–water partition coefficient (Wildman–Crippen LogP) is 1.69. The molecule has 0 radical (unpaired) electrons. The molecule has 0 fully saturated rings. The van der Waals surface area contributed by atoms with Crippen molar-refractivity contribution in [3.05, 3.63) is 35.4 Å². The standard InChI is InChI=1S/C13H20N2O/c1-9-6-5-7-11(8-9)13(3,4)15-12(16)10(2)14/h5-8,10H,14H2,1-4H3,(H,15,16)/t10-/m0/s1. The number of amides is 1. The molecule has 1 amide bonds. The first-order chi connectivity index (χ1) is 7.33. The van der Waals surface area contributed by atoms with E-state index in [2.05, 4.69) is 11.4 Å². The lowest BCUT2D eigenvalue weighted by molar-refractivity contribution is -0.123. The molecule has 88 valence electrons. The number of carbonyl (C=O) groups excluding carboxylic acids is 1. The van der Waals surface area contributed by atoms with Gasteiger partial charge in [-0.05, 0) is 33.3 Å². The van der Waals surface area contributed by atoms with E-state index in [9.17, 15) is 4.79 Å². The van der Waals surface area contributed by atoms with Crippen LogP contribution in [0, 0.1) is 6.92 Å². The molecule has 0 heterocycles. The summed E-state index contributed by atoms with van der Waals surface area (Å²) < 4.78 is 0. The quantitative estimate of drug-likeness (QED) is 0.814. The number of carbonyl (C=O) groups is 1. The summed E-state index contributed by atoms with van der Waals surface area (Å²) in [7, 11) is 0. The van der Waals surface area contributed by atoms with E-state index in [1.807, 2.05) is 39.0 Å². The van der Waals surface area contributed by atoms with E-state index in [0.717, 1.165) is 5.56 Å². The van der Waals surface area contributed by atoms with E-state index in [1.54, 1.807) is 6.92 Å². The van der Waals surface area contributed by atoms with Gasteiger partial charge in [0.15, 0.2) is 0 Å². The summed E-state index contributed by atoms with van der Waals surface area (Å²) in [5, 5.41) is 2.94. The van der Waals surface area contributed by atoms with Crippen LogP contribution in [0.4, 0.5) is 0 Å². The highest BCUT2D eigenvalue weighted by Gasteiger charge is 2.23. The van der Waals surface area contributed by atoms with Crippen molar-refractivity contribution in [2.45, 2.75) is 39.3 Å². The molecule has 3 nitrogen and oxygen atoms in total. The Morgan fingerprint density at radius 2 is 2.06 bits per heavy atom. The van der Waals surface area contributed by atoms with Crippen LogP contribution in [0.15, 0.2) is 24.3 Å². The van der Waals surface area contributed by atoms with Gasteiger partial charge in [0.05, 0.1) is 11.6 Å². The van der Waals surface area contributed by atoms with Gasteiger partial charge < -0.3 is 11.1 Å². The molecule has 0 saturated heterocycles. The fraction of sp³-hybridized carbons (Fsp3) is 0.462. The molecule has 0 saturated carbocycles. The van der Waals surface area contributed by atoms with Crippen molar-refractivity contribution in [3.63, 3.8) is 0 Å². The van der Waals surface area contributed by atoms with Crippen LogP contribution in [0.1, 0.15) is 31.9 Å². The van der Waals surface area contributed by atoms with Crippen LogP contribution in [0.25, 0.3) is 0 Å². The van der Waals surface area contributed by atoms with Gasteiger partial charge in [-0.2, -0.15) is 0 Å². The minimum atomic E-state index is -0.482. The first kappa shape index (κ1) is 12.7. The number of rotatable bonds is 3. The maximum Gasteiger partial charge on any atom is 0.237 e. The average Bonchev–Trinajstić information content (AvgIpc) is 2.17. The smallest absolute Gasteiger partial charge is 0.237 e. The molecule has 0 aliphatic rings. The van der Waals surface area contributed by atoms with Gasteiger partial charge in [-0.1, -0.05) is 29.8 Å². The second kappa shape index (κ2) is 4.66. The monoisotopic (exact) mass is 220 g/mol. The van der Waals surface area contributed by atoms with E-state index >= 15 is 0 Å². The van der Waals surface area contributed by atoms with Crippen LogP contribution in [-0.2, 0) is 10.3 Å². The van der Waals surface area contributed by atoms with Crippen molar-refractivity contribution in [2.75, 3.05) is 0 Å². The average molecular weight is 220 g/mol. The largest absolute Gasteiger partial charge is 0.346 e. The summed E-state index contributed by atoms with van der Waals surface area (Å²) in [6, 6.07) is 7.62. The fourth-order valence-electron chi connectivity index (χ4n) is 1.53. The molecule has 0 spiro atoms. The molecule has 16 heavy (non-hydrogen) atoms. The molecule has 3 heteroatoms. The maximum atomic E-state index is 11.6. The first-order valence-corrected chi connectivity index (χ1v) is 5.47. The Hall–Kier alpha value is -1.35. The van der Waals surface area contributed by atoms with E-state index < -0.39 is 11.6 Å². The third-order valence-corrected chi connectivity index (χ3v) is 2.59. The van der Waals surface area contributed by atoms with Crippen LogP contribution >= 0.6 is 0 Å². The SMILES string of the molecule is Cc1cccc(C(C)(C)NC(=O)[C@H](C)N)c1. The van der Waals surface area contributed by atoms with E-state index in [0.29, 0.717) is 0 Å². The highest BCUT2D eigenvalue weighted by Crippen LogP contribution is 2.20. The molecule has 3 N–H and O–H groups in total. The molecule has 0 aromatic heterocycles. The summed E-state index contributed by atoms with van der Waals surface area (Å²) >= 11 is 0. The highest BCUT2D eigenvalue weighted by atomic mass is 16.2. The Balaban J connectivity index is 2.89. The molecule has 1 rings (SSSR count). The number of benzene rings is 1. The molecule has 1 atom stereocenters. The summed E-state index contributed by atoms with van der Waals surface area (Å²) in [6.45, 7) is 7.67. The van der Waals surface area contributed by atoms with Crippen molar-refractivity contribution in [1.29, 1.82) is 0 Å². The highest BCUT2D eigenvalue weighted by molar-refractivity contribution is 5.81. The van der Waals surface area contributed by atoms with E-state index in [1.165, 1.54) is 5.56 Å². The van der Waals surface area contributed by atoms with Crippen LogP contribution in [-0.4, -0.2) is 11.9 Å². The lowest BCUT2D eigenvalue weighted by Crippen LogP contribution is -2.47. The zero-order chi connectivity index (χ0) is 12.3. The molecule has 1 aromatic carbocycles. The summed E-state index contributed by atoms with van der Waals surface area (Å²) in [4.78, 5) is 11.6. The molecule has 0 bridgehead atoms. The fourth-order valence-corrected chi connectivity index (χ4v) is 1.53. The lowest BCUT2D eigenvalue weighted by atomic mass is 9.92. The van der Waals surface area contributed by atoms with E-state index in [4.69, 9.17) is 5.73 Å². The van der Waals surface area contributed by atoms with Gasteiger partial charge >= 0.3 is 0 Å². The Bertz CT molecular complexity index is 383. The lowest BCUT2D eigenvalue weighted by Gasteiger charge is -2.28. The Labute approximate surface area is 97.0 Å². The zero-order valence-corrected chi connectivity index (χ0v) is 10.4. The molecule has 1 aromatic rings. The van der Waals surface area contributed by atoms with Gasteiger partial charge in [-0.3, -0.25) is 4.79 Å². The third-order valence-electron chi connectivity index (χ3n) is 2.59. The van der Waals surface area contributed by atoms with Crippen molar-refractivity contribution in [1.82, 2.24) is 5.32 Å². The number of hydrogen-bond acceptors (Lipinski definition) is 2. The molecule has 0 aliphatic heterocycles. The Kier molecular flexibility index (Phi) is 3.70. The van der Waals surface area contributed by atoms with Crippen molar-refractivity contribution in [2.24, 2.45) is 5.73 Å². The number of aryl methyl sites for hydroxylation is 1. The maximum absolute atomic E-state index is 11.6. The van der Waals surface area contributed by atoms with Crippen LogP contribution in [0.5, 0.6) is 0 Å². The van der Waals surface area contributed by atoms with Gasteiger partial charge in [0.2, 0.25) is 5.91 Å². The van der Waals surface area contributed by atoms with Crippen LogP contribution in [0.2, 0.25) is 0 Å².